The third-order valence-corrected chi connectivity index (χ3v) is 4.72. The molecule has 4 aromatic rings. The fourth-order valence-electron chi connectivity index (χ4n) is 3.01. The average molecular weight is 427 g/mol. The van der Waals surface area contributed by atoms with Crippen molar-refractivity contribution in [2.24, 2.45) is 12.1 Å². The molecule has 0 aliphatic carbocycles. The Morgan fingerprint density at radius 1 is 1.23 bits per heavy atom. The first-order chi connectivity index (χ1) is 14.4. The zero-order valence-corrected chi connectivity index (χ0v) is 16.5. The molecule has 30 heavy (non-hydrogen) atoms. The maximum Gasteiger partial charge on any atom is 0.329 e. The van der Waals surface area contributed by atoms with Crippen molar-refractivity contribution in [3.8, 4) is 0 Å². The van der Waals surface area contributed by atoms with Crippen molar-refractivity contribution in [2.45, 2.75) is 6.54 Å². The van der Waals surface area contributed by atoms with Gasteiger partial charge in [-0.15, -0.1) is 0 Å². The van der Waals surface area contributed by atoms with Gasteiger partial charge in [-0.1, -0.05) is 35.9 Å². The van der Waals surface area contributed by atoms with Crippen LogP contribution in [0.2, 0.25) is 5.02 Å². The van der Waals surface area contributed by atoms with Crippen LogP contribution >= 0.6 is 11.6 Å². The highest BCUT2D eigenvalue weighted by Crippen LogP contribution is 2.19. The van der Waals surface area contributed by atoms with E-state index < -0.39 is 11.2 Å². The van der Waals surface area contributed by atoms with Gasteiger partial charge >= 0.3 is 5.69 Å². The summed E-state index contributed by atoms with van der Waals surface area (Å²) in [6.07, 6.45) is 1.49. The van der Waals surface area contributed by atoms with Crippen LogP contribution in [0, 0.1) is 5.82 Å². The number of aryl methyl sites for hydroxylation is 1. The number of nitrogens with one attached hydrogen (secondary N) is 2. The molecule has 2 aromatic heterocycles. The van der Waals surface area contributed by atoms with Crippen molar-refractivity contribution in [3.63, 3.8) is 0 Å². The molecule has 2 heterocycles. The first-order valence-electron chi connectivity index (χ1n) is 8.91. The molecule has 0 fully saturated rings. The quantitative estimate of drug-likeness (QED) is 0.379. The number of rotatable bonds is 5. The Balaban J connectivity index is 1.78. The minimum Gasteiger partial charge on any atom is -0.298 e. The number of nitrogens with zero attached hydrogens (tertiary/aromatic N) is 4. The molecule has 0 aliphatic rings. The SMILES string of the molecule is Cn1c(=O)[nH]c(=O)c2c1nc(N/N=C\c1ccc(F)cc1)n2Cc1cccc(Cl)c1. The monoisotopic (exact) mass is 426 g/mol. The van der Waals surface area contributed by atoms with E-state index in [9.17, 15) is 14.0 Å². The number of benzene rings is 2. The predicted molar refractivity (Wildman–Crippen MR) is 114 cm³/mol. The second-order valence-corrected chi connectivity index (χ2v) is 7.00. The molecule has 152 valence electrons. The standard InChI is InChI=1S/C20H16ClFN6O2/c1-27-17-16(18(29)25-20(27)30)28(11-13-3-2-4-14(21)9-13)19(24-17)26-23-10-12-5-7-15(22)8-6-12/h2-10H,11H2,1H3,(H,24,26)(H,25,29,30)/b23-10-. The molecule has 4 rings (SSSR count). The van der Waals surface area contributed by atoms with Crippen molar-refractivity contribution < 1.29 is 4.39 Å². The summed E-state index contributed by atoms with van der Waals surface area (Å²) >= 11 is 6.08. The van der Waals surface area contributed by atoms with E-state index in [1.165, 1.54) is 30.0 Å². The van der Waals surface area contributed by atoms with Gasteiger partial charge < -0.3 is 0 Å². The van der Waals surface area contributed by atoms with E-state index in [2.05, 4.69) is 20.5 Å². The van der Waals surface area contributed by atoms with Crippen LogP contribution in [0.3, 0.4) is 0 Å². The third kappa shape index (κ3) is 3.87. The van der Waals surface area contributed by atoms with Crippen molar-refractivity contribution in [2.75, 3.05) is 5.43 Å². The molecule has 0 radical (unpaired) electrons. The lowest BCUT2D eigenvalue weighted by Gasteiger charge is -2.08. The van der Waals surface area contributed by atoms with Gasteiger partial charge in [-0.3, -0.25) is 18.9 Å². The Morgan fingerprint density at radius 2 is 2.00 bits per heavy atom. The molecule has 10 heteroatoms. The van der Waals surface area contributed by atoms with Gasteiger partial charge in [-0.25, -0.2) is 14.6 Å². The van der Waals surface area contributed by atoms with E-state index in [0.717, 1.165) is 5.56 Å². The van der Waals surface area contributed by atoms with Gasteiger partial charge in [-0.05, 0) is 35.4 Å². The molecule has 0 atom stereocenters. The maximum absolute atomic E-state index is 13.0. The molecular formula is C20H16ClFN6O2. The van der Waals surface area contributed by atoms with Crippen LogP contribution < -0.4 is 16.7 Å². The van der Waals surface area contributed by atoms with Crippen molar-refractivity contribution in [3.05, 3.63) is 91.3 Å². The maximum atomic E-state index is 13.0. The van der Waals surface area contributed by atoms with Gasteiger partial charge in [0.05, 0.1) is 12.8 Å². The fourth-order valence-corrected chi connectivity index (χ4v) is 3.22. The van der Waals surface area contributed by atoms with Crippen LogP contribution in [-0.2, 0) is 13.6 Å². The van der Waals surface area contributed by atoms with E-state index in [0.29, 0.717) is 10.6 Å². The smallest absolute Gasteiger partial charge is 0.298 e. The number of hydrazone groups is 1. The van der Waals surface area contributed by atoms with Crippen LogP contribution in [0.4, 0.5) is 10.3 Å². The van der Waals surface area contributed by atoms with Gasteiger partial charge in [0.1, 0.15) is 5.82 Å². The second kappa shape index (κ2) is 7.96. The number of fused-ring (bicyclic) bond motifs is 1. The highest BCUT2D eigenvalue weighted by Gasteiger charge is 2.17. The Bertz CT molecular complexity index is 1370. The number of halogens is 2. The van der Waals surface area contributed by atoms with Crippen LogP contribution in [0.25, 0.3) is 11.2 Å². The van der Waals surface area contributed by atoms with Crippen LogP contribution in [0.1, 0.15) is 11.1 Å². The van der Waals surface area contributed by atoms with E-state index >= 15 is 0 Å². The van der Waals surface area contributed by atoms with Gasteiger partial charge in [0.15, 0.2) is 11.2 Å². The number of aromatic nitrogens is 4. The van der Waals surface area contributed by atoms with Crippen LogP contribution in [0.15, 0.2) is 63.2 Å². The summed E-state index contributed by atoms with van der Waals surface area (Å²) in [6.45, 7) is 0.271. The van der Waals surface area contributed by atoms with E-state index in [4.69, 9.17) is 11.6 Å². The van der Waals surface area contributed by atoms with Crippen molar-refractivity contribution in [1.82, 2.24) is 19.1 Å². The number of hydrogen-bond acceptors (Lipinski definition) is 5. The Hall–Kier alpha value is -3.72. The molecule has 0 unspecified atom stereocenters. The average Bonchev–Trinajstić information content (AvgIpc) is 3.07. The summed E-state index contributed by atoms with van der Waals surface area (Å²) in [5.74, 6) is -0.0846. The summed E-state index contributed by atoms with van der Waals surface area (Å²) in [7, 11) is 1.52. The molecule has 0 spiro atoms. The largest absolute Gasteiger partial charge is 0.329 e. The van der Waals surface area contributed by atoms with Gasteiger partial charge in [0.2, 0.25) is 5.95 Å². The van der Waals surface area contributed by atoms with Crippen LogP contribution in [0.5, 0.6) is 0 Å². The molecule has 8 nitrogen and oxygen atoms in total. The minimum absolute atomic E-state index is 0.213. The molecule has 2 aromatic carbocycles. The number of hydrogen-bond donors (Lipinski definition) is 2. The highest BCUT2D eigenvalue weighted by molar-refractivity contribution is 6.30. The molecule has 0 aliphatic heterocycles. The lowest BCUT2D eigenvalue weighted by molar-refractivity contribution is 0.628. The van der Waals surface area contributed by atoms with Crippen molar-refractivity contribution >= 4 is 34.9 Å². The van der Waals surface area contributed by atoms with Gasteiger partial charge in [0, 0.05) is 12.1 Å². The van der Waals surface area contributed by atoms with Gasteiger partial charge in [0.25, 0.3) is 5.56 Å². The first-order valence-corrected chi connectivity index (χ1v) is 9.29. The first kappa shape index (κ1) is 19.6. The lowest BCUT2D eigenvalue weighted by atomic mass is 10.2. The lowest BCUT2D eigenvalue weighted by Crippen LogP contribution is -2.29. The Kier molecular flexibility index (Phi) is 5.20. The van der Waals surface area contributed by atoms with E-state index in [1.54, 1.807) is 34.9 Å². The number of anilines is 1. The third-order valence-electron chi connectivity index (χ3n) is 4.48. The molecule has 0 saturated carbocycles. The number of aromatic amines is 1. The summed E-state index contributed by atoms with van der Waals surface area (Å²) in [4.78, 5) is 31.1. The van der Waals surface area contributed by atoms with E-state index in [1.807, 2.05) is 6.07 Å². The molecule has 0 amide bonds. The molecular weight excluding hydrogens is 411 g/mol. The zero-order chi connectivity index (χ0) is 21.3. The molecule has 2 N–H and O–H groups in total. The van der Waals surface area contributed by atoms with Gasteiger partial charge in [-0.2, -0.15) is 10.1 Å². The fraction of sp³-hybridized carbons (Fsp3) is 0.100. The minimum atomic E-state index is -0.568. The zero-order valence-electron chi connectivity index (χ0n) is 15.8. The summed E-state index contributed by atoms with van der Waals surface area (Å²) in [5, 5.41) is 4.69. The molecule has 0 bridgehead atoms. The normalized spacial score (nSPS) is 11.4. The van der Waals surface area contributed by atoms with E-state index in [-0.39, 0.29) is 29.5 Å². The number of imidazole rings is 1. The Morgan fingerprint density at radius 3 is 2.73 bits per heavy atom. The summed E-state index contributed by atoms with van der Waals surface area (Å²) < 4.78 is 15.9. The highest BCUT2D eigenvalue weighted by atomic mass is 35.5. The summed E-state index contributed by atoms with van der Waals surface area (Å²) in [5.41, 5.74) is 3.61. The predicted octanol–water partition coefficient (Wildman–Crippen LogP) is 2.71. The second-order valence-electron chi connectivity index (χ2n) is 6.56. The number of H-pyrrole nitrogens is 1. The van der Waals surface area contributed by atoms with Crippen LogP contribution in [-0.4, -0.2) is 25.3 Å². The molecule has 0 saturated heterocycles. The topological polar surface area (TPSA) is 97.1 Å². The van der Waals surface area contributed by atoms with Crippen molar-refractivity contribution in [1.29, 1.82) is 0 Å². The summed E-state index contributed by atoms with van der Waals surface area (Å²) in [6, 6.07) is 13.0. The Labute approximate surface area is 174 Å².